The molecule has 1 amide bonds. The van der Waals surface area contributed by atoms with Crippen LogP contribution in [0.5, 0.6) is 0 Å². The fourth-order valence-electron chi connectivity index (χ4n) is 1.15. The first-order valence-corrected chi connectivity index (χ1v) is 4.60. The number of pyridine rings is 1. The van der Waals surface area contributed by atoms with Crippen molar-refractivity contribution in [1.29, 1.82) is 0 Å². The van der Waals surface area contributed by atoms with Crippen molar-refractivity contribution < 1.29 is 9.90 Å². The molecule has 0 unspecified atom stereocenters. The Morgan fingerprint density at radius 3 is 3.00 bits per heavy atom. The Labute approximate surface area is 87.5 Å². The van der Waals surface area contributed by atoms with E-state index in [1.807, 2.05) is 12.1 Å². The number of nitrogens with one attached hydrogen (secondary N) is 1. The Morgan fingerprint density at radius 2 is 2.36 bits per heavy atom. The summed E-state index contributed by atoms with van der Waals surface area (Å²) in [6.07, 6.45) is 0.484. The summed E-state index contributed by atoms with van der Waals surface area (Å²) >= 11 is 3.32. The molecular weight excluding hydrogens is 250 g/mol. The highest BCUT2D eigenvalue weighted by atomic mass is 79.9. The second-order valence-corrected chi connectivity index (χ2v) is 3.45. The van der Waals surface area contributed by atoms with Gasteiger partial charge in [-0.1, -0.05) is 6.07 Å². The number of halogens is 1. The molecule has 2 aromatic heterocycles. The van der Waals surface area contributed by atoms with E-state index in [9.17, 15) is 4.79 Å². The Bertz CT molecular complexity index is 494. The first-order chi connectivity index (χ1) is 6.66. The van der Waals surface area contributed by atoms with Gasteiger partial charge in [0.15, 0.2) is 5.82 Å². The maximum atomic E-state index is 10.4. The molecule has 0 spiro atoms. The average molecular weight is 256 g/mol. The second-order valence-electron chi connectivity index (χ2n) is 2.63. The number of amides is 1. The van der Waals surface area contributed by atoms with Crippen molar-refractivity contribution in [1.82, 2.24) is 9.38 Å². The zero-order chi connectivity index (χ0) is 10.1. The molecule has 2 heterocycles. The van der Waals surface area contributed by atoms with Crippen LogP contribution in [0.15, 0.2) is 29.0 Å². The van der Waals surface area contributed by atoms with Crippen LogP contribution >= 0.6 is 15.9 Å². The molecule has 0 aliphatic carbocycles. The third-order valence-corrected chi connectivity index (χ3v) is 2.32. The van der Waals surface area contributed by atoms with E-state index in [0.29, 0.717) is 11.5 Å². The van der Waals surface area contributed by atoms with Gasteiger partial charge in [0.05, 0.1) is 10.8 Å². The van der Waals surface area contributed by atoms with E-state index >= 15 is 0 Å². The van der Waals surface area contributed by atoms with E-state index in [1.54, 1.807) is 16.7 Å². The van der Waals surface area contributed by atoms with Crippen LogP contribution in [0.2, 0.25) is 0 Å². The molecule has 0 aliphatic heterocycles. The van der Waals surface area contributed by atoms with Gasteiger partial charge in [-0.15, -0.1) is 0 Å². The largest absolute Gasteiger partial charge is 0.465 e. The number of rotatable bonds is 1. The standard InChI is InChI=1S/C8H6BrN3O2/c9-5-2-1-3-7-10-6(4-12(5)7)11-8(13)14/h1-4,11H,(H,13,14). The Morgan fingerprint density at radius 1 is 1.57 bits per heavy atom. The molecule has 0 aliphatic rings. The minimum absolute atomic E-state index is 0.310. The number of anilines is 1. The van der Waals surface area contributed by atoms with Gasteiger partial charge >= 0.3 is 6.09 Å². The van der Waals surface area contributed by atoms with Crippen molar-refractivity contribution in [2.75, 3.05) is 5.32 Å². The van der Waals surface area contributed by atoms with Gasteiger partial charge in [0.1, 0.15) is 5.65 Å². The van der Waals surface area contributed by atoms with Gasteiger partial charge in [-0.2, -0.15) is 0 Å². The molecule has 0 radical (unpaired) electrons. The van der Waals surface area contributed by atoms with Crippen molar-refractivity contribution in [3.63, 3.8) is 0 Å². The number of fused-ring (bicyclic) bond motifs is 1. The maximum absolute atomic E-state index is 10.4. The third kappa shape index (κ3) is 1.56. The topological polar surface area (TPSA) is 66.6 Å². The summed E-state index contributed by atoms with van der Waals surface area (Å²) in [4.78, 5) is 14.4. The lowest BCUT2D eigenvalue weighted by atomic mass is 10.5. The zero-order valence-corrected chi connectivity index (χ0v) is 8.52. The molecule has 2 N–H and O–H groups in total. The van der Waals surface area contributed by atoms with Crippen LogP contribution in [0.25, 0.3) is 5.65 Å². The van der Waals surface area contributed by atoms with Crippen LogP contribution in [0, 0.1) is 0 Å². The smallest absolute Gasteiger partial charge is 0.410 e. The van der Waals surface area contributed by atoms with Crippen molar-refractivity contribution in [2.24, 2.45) is 0 Å². The highest BCUT2D eigenvalue weighted by Gasteiger charge is 2.05. The lowest BCUT2D eigenvalue weighted by molar-refractivity contribution is 0.209. The number of aromatic nitrogens is 2. The number of imidazole rings is 1. The van der Waals surface area contributed by atoms with E-state index < -0.39 is 6.09 Å². The number of carboxylic acid groups (broad SMARTS) is 1. The van der Waals surface area contributed by atoms with Crippen LogP contribution < -0.4 is 5.32 Å². The highest BCUT2D eigenvalue weighted by molar-refractivity contribution is 9.10. The van der Waals surface area contributed by atoms with Crippen molar-refractivity contribution >= 4 is 33.5 Å². The minimum Gasteiger partial charge on any atom is -0.465 e. The SMILES string of the molecule is O=C(O)Nc1cn2c(Br)cccc2n1. The average Bonchev–Trinajstić information content (AvgIpc) is 2.47. The summed E-state index contributed by atoms with van der Waals surface area (Å²) < 4.78 is 2.56. The highest BCUT2D eigenvalue weighted by Crippen LogP contribution is 2.16. The van der Waals surface area contributed by atoms with Gasteiger partial charge in [-0.3, -0.25) is 9.72 Å². The van der Waals surface area contributed by atoms with Gasteiger partial charge in [0.25, 0.3) is 0 Å². The van der Waals surface area contributed by atoms with Crippen LogP contribution in [0.4, 0.5) is 10.6 Å². The summed E-state index contributed by atoms with van der Waals surface area (Å²) in [6, 6.07) is 5.47. The van der Waals surface area contributed by atoms with Crippen molar-refractivity contribution in [3.05, 3.63) is 29.0 Å². The monoisotopic (exact) mass is 255 g/mol. The van der Waals surface area contributed by atoms with E-state index in [-0.39, 0.29) is 0 Å². The van der Waals surface area contributed by atoms with E-state index in [0.717, 1.165) is 4.60 Å². The third-order valence-electron chi connectivity index (χ3n) is 1.68. The molecule has 0 fully saturated rings. The minimum atomic E-state index is -1.12. The van der Waals surface area contributed by atoms with Gasteiger partial charge < -0.3 is 5.11 Å². The Hall–Kier alpha value is -1.56. The molecule has 0 aromatic carbocycles. The Kier molecular flexibility index (Phi) is 2.12. The first kappa shape index (κ1) is 9.01. The molecule has 0 atom stereocenters. The normalized spacial score (nSPS) is 10.4. The van der Waals surface area contributed by atoms with E-state index in [1.165, 1.54) is 0 Å². The molecular formula is C8H6BrN3O2. The summed E-state index contributed by atoms with van der Waals surface area (Å²) in [6.45, 7) is 0. The molecule has 0 saturated heterocycles. The number of hydrogen-bond donors (Lipinski definition) is 2. The first-order valence-electron chi connectivity index (χ1n) is 3.80. The van der Waals surface area contributed by atoms with Crippen LogP contribution in [0.1, 0.15) is 0 Å². The van der Waals surface area contributed by atoms with Crippen molar-refractivity contribution in [3.8, 4) is 0 Å². The predicted octanol–water partition coefficient (Wildman–Crippen LogP) is 2.19. The van der Waals surface area contributed by atoms with Gasteiger partial charge in [-0.05, 0) is 28.1 Å². The van der Waals surface area contributed by atoms with Crippen LogP contribution in [-0.4, -0.2) is 20.6 Å². The van der Waals surface area contributed by atoms with Crippen LogP contribution in [0.3, 0.4) is 0 Å². The predicted molar refractivity (Wildman–Crippen MR) is 54.5 cm³/mol. The van der Waals surface area contributed by atoms with Gasteiger partial charge in [0.2, 0.25) is 0 Å². The molecule has 0 saturated carbocycles. The molecule has 14 heavy (non-hydrogen) atoms. The second kappa shape index (κ2) is 3.30. The fraction of sp³-hybridized carbons (Fsp3) is 0. The maximum Gasteiger partial charge on any atom is 0.410 e. The van der Waals surface area contributed by atoms with Gasteiger partial charge in [0, 0.05) is 0 Å². The summed E-state index contributed by atoms with van der Waals surface area (Å²) in [7, 11) is 0. The zero-order valence-electron chi connectivity index (χ0n) is 6.94. The molecule has 2 aromatic rings. The summed E-state index contributed by atoms with van der Waals surface area (Å²) in [5.74, 6) is 0.310. The fourth-order valence-corrected chi connectivity index (χ4v) is 1.58. The lowest BCUT2D eigenvalue weighted by Gasteiger charge is -1.93. The molecule has 0 bridgehead atoms. The molecule has 5 nitrogen and oxygen atoms in total. The summed E-state index contributed by atoms with van der Waals surface area (Å²) in [5.41, 5.74) is 0.683. The summed E-state index contributed by atoms with van der Waals surface area (Å²) in [5, 5.41) is 10.7. The number of carbonyl (C=O) groups is 1. The van der Waals surface area contributed by atoms with E-state index in [4.69, 9.17) is 5.11 Å². The molecule has 72 valence electrons. The Balaban J connectivity index is 2.51. The van der Waals surface area contributed by atoms with Crippen molar-refractivity contribution in [2.45, 2.75) is 0 Å². The quantitative estimate of drug-likeness (QED) is 0.768. The lowest BCUT2D eigenvalue weighted by Crippen LogP contribution is -2.07. The van der Waals surface area contributed by atoms with Crippen LogP contribution in [-0.2, 0) is 0 Å². The van der Waals surface area contributed by atoms with Gasteiger partial charge in [-0.25, -0.2) is 9.78 Å². The number of hydrogen-bond acceptors (Lipinski definition) is 2. The molecule has 6 heteroatoms. The number of nitrogens with zero attached hydrogens (tertiary/aromatic N) is 2. The molecule has 2 rings (SSSR count). The van der Waals surface area contributed by atoms with E-state index in [2.05, 4.69) is 26.2 Å².